The van der Waals surface area contributed by atoms with Gasteiger partial charge >= 0.3 is 0 Å². The minimum atomic E-state index is 0.231. The number of nitrogens with zero attached hydrogens (tertiary/aromatic N) is 1. The molecule has 5 heteroatoms. The molecule has 1 unspecified atom stereocenters. The molecule has 1 saturated heterocycles. The lowest BCUT2D eigenvalue weighted by Gasteiger charge is -2.40. The highest BCUT2D eigenvalue weighted by atomic mass is 16.5. The van der Waals surface area contributed by atoms with Crippen molar-refractivity contribution in [3.63, 3.8) is 0 Å². The van der Waals surface area contributed by atoms with Gasteiger partial charge < -0.3 is 19.5 Å². The van der Waals surface area contributed by atoms with Crippen LogP contribution in [-0.2, 0) is 14.2 Å². The third-order valence-corrected chi connectivity index (χ3v) is 3.74. The van der Waals surface area contributed by atoms with E-state index in [1.807, 2.05) is 7.05 Å². The summed E-state index contributed by atoms with van der Waals surface area (Å²) in [7, 11) is 5.52. The molecular formula is C14H30N2O3. The molecule has 0 radical (unpaired) electrons. The number of hydrogen-bond donors (Lipinski definition) is 1. The second-order valence-electron chi connectivity index (χ2n) is 5.45. The van der Waals surface area contributed by atoms with Crippen molar-refractivity contribution in [2.24, 2.45) is 5.41 Å². The molecule has 1 atom stereocenters. The predicted molar refractivity (Wildman–Crippen MR) is 76.6 cm³/mol. The van der Waals surface area contributed by atoms with Gasteiger partial charge in [0.2, 0.25) is 0 Å². The molecule has 1 aliphatic rings. The molecule has 5 nitrogen and oxygen atoms in total. The van der Waals surface area contributed by atoms with Crippen molar-refractivity contribution in [2.45, 2.75) is 12.8 Å². The van der Waals surface area contributed by atoms with Crippen LogP contribution in [0, 0.1) is 5.41 Å². The summed E-state index contributed by atoms with van der Waals surface area (Å²) in [6.45, 7) is 7.23. The normalized spacial score (nSPS) is 24.0. The fourth-order valence-electron chi connectivity index (χ4n) is 2.79. The van der Waals surface area contributed by atoms with Gasteiger partial charge in [0.1, 0.15) is 0 Å². The Morgan fingerprint density at radius 2 is 1.89 bits per heavy atom. The fraction of sp³-hybridized carbons (Fsp3) is 1.00. The molecule has 1 fully saturated rings. The summed E-state index contributed by atoms with van der Waals surface area (Å²) >= 11 is 0. The van der Waals surface area contributed by atoms with Crippen LogP contribution in [0.2, 0.25) is 0 Å². The second kappa shape index (κ2) is 9.66. The molecule has 19 heavy (non-hydrogen) atoms. The molecule has 0 aromatic carbocycles. The summed E-state index contributed by atoms with van der Waals surface area (Å²) < 4.78 is 16.1. The highest BCUT2D eigenvalue weighted by Crippen LogP contribution is 2.29. The van der Waals surface area contributed by atoms with E-state index in [2.05, 4.69) is 10.2 Å². The van der Waals surface area contributed by atoms with Crippen molar-refractivity contribution < 1.29 is 14.2 Å². The van der Waals surface area contributed by atoms with Crippen molar-refractivity contribution in [3.8, 4) is 0 Å². The smallest absolute Gasteiger partial charge is 0.0589 e. The molecule has 0 aliphatic carbocycles. The number of nitrogens with one attached hydrogen (secondary N) is 1. The molecule has 0 amide bonds. The van der Waals surface area contributed by atoms with Gasteiger partial charge in [-0.05, 0) is 19.9 Å². The first-order valence-electron chi connectivity index (χ1n) is 7.19. The van der Waals surface area contributed by atoms with Gasteiger partial charge in [0.05, 0.1) is 19.8 Å². The standard InChI is InChI=1S/C14H30N2O3/c1-15-11-14(5-4-8-19-13-14)12-16(6-9-17-2)7-10-18-3/h15H,4-13H2,1-3H3. The molecule has 1 aliphatic heterocycles. The van der Waals surface area contributed by atoms with E-state index in [0.29, 0.717) is 0 Å². The Bertz CT molecular complexity index is 207. The van der Waals surface area contributed by atoms with Crippen molar-refractivity contribution >= 4 is 0 Å². The van der Waals surface area contributed by atoms with E-state index in [0.717, 1.165) is 59.0 Å². The van der Waals surface area contributed by atoms with Crippen LogP contribution in [0.15, 0.2) is 0 Å². The van der Waals surface area contributed by atoms with Crippen molar-refractivity contribution in [2.75, 3.05) is 73.9 Å². The van der Waals surface area contributed by atoms with Crippen molar-refractivity contribution in [1.29, 1.82) is 0 Å². The third-order valence-electron chi connectivity index (χ3n) is 3.74. The minimum absolute atomic E-state index is 0.231. The van der Waals surface area contributed by atoms with Crippen LogP contribution in [-0.4, -0.2) is 78.8 Å². The summed E-state index contributed by atoms with van der Waals surface area (Å²) in [4.78, 5) is 2.43. The predicted octanol–water partition coefficient (Wildman–Crippen LogP) is 0.597. The first-order valence-corrected chi connectivity index (χ1v) is 7.19. The number of rotatable bonds is 10. The van der Waals surface area contributed by atoms with Gasteiger partial charge in [-0.2, -0.15) is 0 Å². The molecular weight excluding hydrogens is 244 g/mol. The van der Waals surface area contributed by atoms with E-state index < -0.39 is 0 Å². The molecule has 1 N–H and O–H groups in total. The highest BCUT2D eigenvalue weighted by Gasteiger charge is 2.34. The van der Waals surface area contributed by atoms with Crippen LogP contribution < -0.4 is 5.32 Å². The van der Waals surface area contributed by atoms with Crippen LogP contribution in [0.25, 0.3) is 0 Å². The molecule has 114 valence electrons. The number of methoxy groups -OCH3 is 2. The average Bonchev–Trinajstić information content (AvgIpc) is 2.43. The van der Waals surface area contributed by atoms with Gasteiger partial charge in [-0.3, -0.25) is 4.90 Å². The Labute approximate surface area is 117 Å². The molecule has 0 saturated carbocycles. The Morgan fingerprint density at radius 1 is 1.21 bits per heavy atom. The van der Waals surface area contributed by atoms with Crippen LogP contribution in [0.1, 0.15) is 12.8 Å². The summed E-state index contributed by atoms with van der Waals surface area (Å²) in [5.74, 6) is 0. The number of ether oxygens (including phenoxy) is 3. The Kier molecular flexibility index (Phi) is 8.57. The molecule has 1 heterocycles. The van der Waals surface area contributed by atoms with Crippen LogP contribution >= 0.6 is 0 Å². The van der Waals surface area contributed by atoms with Gasteiger partial charge in [-0.15, -0.1) is 0 Å². The molecule has 0 aromatic heterocycles. The Hall–Kier alpha value is -0.200. The zero-order chi connectivity index (χ0) is 14.0. The molecule has 0 bridgehead atoms. The van der Waals surface area contributed by atoms with Gasteiger partial charge in [0.15, 0.2) is 0 Å². The maximum Gasteiger partial charge on any atom is 0.0589 e. The van der Waals surface area contributed by atoms with E-state index >= 15 is 0 Å². The Balaban J connectivity index is 2.54. The first kappa shape index (κ1) is 16.9. The average molecular weight is 274 g/mol. The maximum atomic E-state index is 5.72. The van der Waals surface area contributed by atoms with Crippen LogP contribution in [0.4, 0.5) is 0 Å². The van der Waals surface area contributed by atoms with E-state index in [4.69, 9.17) is 14.2 Å². The molecule has 1 rings (SSSR count). The number of hydrogen-bond acceptors (Lipinski definition) is 5. The summed E-state index contributed by atoms with van der Waals surface area (Å²) in [5.41, 5.74) is 0.231. The van der Waals surface area contributed by atoms with E-state index in [-0.39, 0.29) is 5.41 Å². The van der Waals surface area contributed by atoms with Crippen molar-refractivity contribution in [3.05, 3.63) is 0 Å². The molecule has 0 spiro atoms. The zero-order valence-corrected chi connectivity index (χ0v) is 12.7. The Morgan fingerprint density at radius 3 is 2.37 bits per heavy atom. The van der Waals surface area contributed by atoms with Gasteiger partial charge in [0.25, 0.3) is 0 Å². The van der Waals surface area contributed by atoms with Gasteiger partial charge in [-0.25, -0.2) is 0 Å². The maximum absolute atomic E-state index is 5.72. The van der Waals surface area contributed by atoms with Crippen LogP contribution in [0.3, 0.4) is 0 Å². The largest absolute Gasteiger partial charge is 0.383 e. The highest BCUT2D eigenvalue weighted by molar-refractivity contribution is 4.87. The van der Waals surface area contributed by atoms with Gasteiger partial charge in [0, 0.05) is 52.4 Å². The van der Waals surface area contributed by atoms with Gasteiger partial charge in [-0.1, -0.05) is 0 Å². The minimum Gasteiger partial charge on any atom is -0.383 e. The monoisotopic (exact) mass is 274 g/mol. The van der Waals surface area contributed by atoms with E-state index in [9.17, 15) is 0 Å². The zero-order valence-electron chi connectivity index (χ0n) is 12.7. The molecule has 0 aromatic rings. The summed E-state index contributed by atoms with van der Waals surface area (Å²) in [6.07, 6.45) is 2.38. The SMILES string of the molecule is CNCC1(CN(CCOC)CCOC)CCCOC1. The second-order valence-corrected chi connectivity index (χ2v) is 5.45. The lowest BCUT2D eigenvalue weighted by atomic mass is 9.81. The first-order chi connectivity index (χ1) is 9.26. The quantitative estimate of drug-likeness (QED) is 0.632. The lowest BCUT2D eigenvalue weighted by molar-refractivity contribution is -0.0309. The topological polar surface area (TPSA) is 43.0 Å². The summed E-state index contributed by atoms with van der Waals surface area (Å²) in [5, 5.41) is 3.33. The fourth-order valence-corrected chi connectivity index (χ4v) is 2.79. The van der Waals surface area contributed by atoms with Crippen LogP contribution in [0.5, 0.6) is 0 Å². The van der Waals surface area contributed by atoms with E-state index in [1.165, 1.54) is 6.42 Å². The lowest BCUT2D eigenvalue weighted by Crippen LogP contribution is -2.49. The van der Waals surface area contributed by atoms with E-state index in [1.54, 1.807) is 14.2 Å². The summed E-state index contributed by atoms with van der Waals surface area (Å²) in [6, 6.07) is 0. The third kappa shape index (κ3) is 6.19. The van der Waals surface area contributed by atoms with Crippen molar-refractivity contribution in [1.82, 2.24) is 10.2 Å².